The van der Waals surface area contributed by atoms with E-state index in [9.17, 15) is 8.42 Å². The van der Waals surface area contributed by atoms with Gasteiger partial charge in [-0.15, -0.1) is 0 Å². The first-order chi connectivity index (χ1) is 15.1. The number of hydrogen-bond donors (Lipinski definition) is 1. The molecule has 3 aromatic heterocycles. The number of rotatable bonds is 8. The molecule has 5 rings (SSSR count). The highest BCUT2D eigenvalue weighted by molar-refractivity contribution is 7.92. The zero-order valence-corrected chi connectivity index (χ0v) is 17.8. The van der Waals surface area contributed by atoms with Crippen molar-refractivity contribution in [3.63, 3.8) is 0 Å². The minimum atomic E-state index is -3.94. The van der Waals surface area contributed by atoms with Gasteiger partial charge in [-0.2, -0.15) is 10.2 Å². The molecule has 10 heteroatoms. The fraction of sp³-hybridized carbons (Fsp3) is 0.286. The predicted octanol–water partition coefficient (Wildman–Crippen LogP) is 2.94. The van der Waals surface area contributed by atoms with Gasteiger partial charge in [0.05, 0.1) is 36.2 Å². The van der Waals surface area contributed by atoms with E-state index in [1.807, 2.05) is 12.1 Å². The van der Waals surface area contributed by atoms with Crippen molar-refractivity contribution in [1.29, 1.82) is 0 Å². The number of aromatic nitrogens is 5. The fourth-order valence-corrected chi connectivity index (χ4v) is 4.80. The molecule has 1 aliphatic carbocycles. The molecule has 1 saturated carbocycles. The summed E-state index contributed by atoms with van der Waals surface area (Å²) < 4.78 is 37.9. The first kappa shape index (κ1) is 19.7. The van der Waals surface area contributed by atoms with E-state index in [-0.39, 0.29) is 10.7 Å². The van der Waals surface area contributed by atoms with Crippen molar-refractivity contribution >= 4 is 26.6 Å². The average Bonchev–Trinajstić information content (AvgIpc) is 3.35. The smallest absolute Gasteiger partial charge is 0.265 e. The molecule has 31 heavy (non-hydrogen) atoms. The molecule has 1 fully saturated rings. The largest absolute Gasteiger partial charge is 0.383 e. The lowest BCUT2D eigenvalue weighted by Gasteiger charge is -2.13. The van der Waals surface area contributed by atoms with E-state index in [0.717, 1.165) is 23.9 Å². The van der Waals surface area contributed by atoms with E-state index in [0.29, 0.717) is 30.3 Å². The number of nitrogens with zero attached hydrogens (tertiary/aromatic N) is 5. The van der Waals surface area contributed by atoms with E-state index in [1.165, 1.54) is 10.7 Å². The zero-order valence-electron chi connectivity index (χ0n) is 17.0. The molecule has 1 aromatic carbocycles. The van der Waals surface area contributed by atoms with Gasteiger partial charge >= 0.3 is 0 Å². The van der Waals surface area contributed by atoms with Crippen LogP contribution in [0, 0.1) is 0 Å². The van der Waals surface area contributed by atoms with E-state index < -0.39 is 10.0 Å². The Bertz CT molecular complexity index is 1340. The molecule has 3 heterocycles. The molecule has 0 aliphatic heterocycles. The number of ether oxygens (including phenoxy) is 1. The molecule has 9 nitrogen and oxygen atoms in total. The van der Waals surface area contributed by atoms with Crippen LogP contribution in [0.5, 0.6) is 0 Å². The third kappa shape index (κ3) is 3.79. The van der Waals surface area contributed by atoms with E-state index in [2.05, 4.69) is 19.9 Å². The van der Waals surface area contributed by atoms with Gasteiger partial charge in [-0.1, -0.05) is 12.1 Å². The second-order valence-corrected chi connectivity index (χ2v) is 9.14. The minimum Gasteiger partial charge on any atom is -0.383 e. The first-order valence-electron chi connectivity index (χ1n) is 10.0. The van der Waals surface area contributed by atoms with E-state index in [4.69, 9.17) is 4.74 Å². The summed E-state index contributed by atoms with van der Waals surface area (Å²) >= 11 is 0. The standard InChI is InChI=1S/C21H22N6O3S/c1-30-13-12-26-20-16(14-23-26)4-2-5-18(20)25-31(28,29)19-6-3-10-22-21(19)27-11-9-17(24-27)15-7-8-15/h2-6,9-11,14-15,25H,7-8,12-13H2,1H3. The van der Waals surface area contributed by atoms with Gasteiger partial charge in [0.25, 0.3) is 10.0 Å². The molecule has 1 N–H and O–H groups in total. The van der Waals surface area contributed by atoms with Crippen molar-refractivity contribution in [2.24, 2.45) is 0 Å². The molecule has 160 valence electrons. The lowest BCUT2D eigenvalue weighted by Crippen LogP contribution is -2.18. The summed E-state index contributed by atoms with van der Waals surface area (Å²) in [7, 11) is -2.33. The maximum Gasteiger partial charge on any atom is 0.265 e. The SMILES string of the molecule is COCCn1ncc2cccc(NS(=O)(=O)c3cccnc3-n3ccc(C4CC4)n3)c21. The van der Waals surface area contributed by atoms with Crippen LogP contribution in [0.4, 0.5) is 5.69 Å². The van der Waals surface area contributed by atoms with Gasteiger partial charge in [-0.05, 0) is 37.1 Å². The Hall–Kier alpha value is -3.24. The summed E-state index contributed by atoms with van der Waals surface area (Å²) in [6, 6.07) is 10.5. The van der Waals surface area contributed by atoms with Gasteiger partial charge in [0.1, 0.15) is 4.90 Å². The van der Waals surface area contributed by atoms with Crippen molar-refractivity contribution in [2.45, 2.75) is 30.2 Å². The van der Waals surface area contributed by atoms with Crippen LogP contribution in [0.15, 0.2) is 59.9 Å². The van der Waals surface area contributed by atoms with Gasteiger partial charge < -0.3 is 4.74 Å². The molecule has 0 amide bonds. The second-order valence-electron chi connectivity index (χ2n) is 7.49. The normalized spacial score (nSPS) is 14.2. The van der Waals surface area contributed by atoms with E-state index >= 15 is 0 Å². The Morgan fingerprint density at radius 1 is 1.19 bits per heavy atom. The minimum absolute atomic E-state index is 0.0559. The number of hydrogen-bond acceptors (Lipinski definition) is 6. The number of sulfonamides is 1. The topological polar surface area (TPSA) is 104 Å². The average molecular weight is 439 g/mol. The molecule has 0 radical (unpaired) electrons. The fourth-order valence-electron chi connectivity index (χ4n) is 3.59. The summed E-state index contributed by atoms with van der Waals surface area (Å²) in [5.74, 6) is 0.732. The summed E-state index contributed by atoms with van der Waals surface area (Å²) in [4.78, 5) is 4.36. The Kier molecular flexibility index (Phi) is 4.95. The van der Waals surface area contributed by atoms with Gasteiger partial charge in [-0.3, -0.25) is 9.40 Å². The van der Waals surface area contributed by atoms with Crippen LogP contribution in [-0.4, -0.2) is 46.7 Å². The highest BCUT2D eigenvalue weighted by Crippen LogP contribution is 2.39. The van der Waals surface area contributed by atoms with Crippen molar-refractivity contribution in [3.05, 3.63) is 60.7 Å². The number of para-hydroxylation sites is 1. The molecule has 0 unspecified atom stereocenters. The van der Waals surface area contributed by atoms with Crippen molar-refractivity contribution in [3.8, 4) is 5.82 Å². The molecule has 0 bridgehead atoms. The molecular formula is C21H22N6O3S. The maximum absolute atomic E-state index is 13.4. The second kappa shape index (κ2) is 7.78. The van der Waals surface area contributed by atoms with Gasteiger partial charge in [0.15, 0.2) is 5.82 Å². The van der Waals surface area contributed by atoms with Crippen LogP contribution >= 0.6 is 0 Å². The molecule has 0 spiro atoms. The Morgan fingerprint density at radius 2 is 2.06 bits per heavy atom. The monoisotopic (exact) mass is 438 g/mol. The molecule has 4 aromatic rings. The van der Waals surface area contributed by atoms with Crippen LogP contribution in [0.2, 0.25) is 0 Å². The number of fused-ring (bicyclic) bond motifs is 1. The summed E-state index contributed by atoms with van der Waals surface area (Å²) in [6.45, 7) is 0.974. The zero-order chi connectivity index (χ0) is 21.4. The maximum atomic E-state index is 13.4. The van der Waals surface area contributed by atoms with Crippen LogP contribution in [0.3, 0.4) is 0 Å². The Balaban J connectivity index is 1.53. The predicted molar refractivity (Wildman–Crippen MR) is 116 cm³/mol. The molecule has 1 aliphatic rings. The molecule has 0 saturated heterocycles. The molecular weight excluding hydrogens is 416 g/mol. The molecule has 0 atom stereocenters. The van der Waals surface area contributed by atoms with Crippen molar-refractivity contribution in [1.82, 2.24) is 24.5 Å². The van der Waals surface area contributed by atoms with Crippen LogP contribution in [-0.2, 0) is 21.3 Å². The summed E-state index contributed by atoms with van der Waals surface area (Å²) in [6.07, 6.45) is 7.27. The highest BCUT2D eigenvalue weighted by atomic mass is 32.2. The third-order valence-electron chi connectivity index (χ3n) is 5.28. The number of methoxy groups -OCH3 is 1. The van der Waals surface area contributed by atoms with Crippen LogP contribution in [0.1, 0.15) is 24.5 Å². The lowest BCUT2D eigenvalue weighted by molar-refractivity contribution is 0.185. The highest BCUT2D eigenvalue weighted by Gasteiger charge is 2.27. The van der Waals surface area contributed by atoms with Gasteiger partial charge in [-0.25, -0.2) is 18.1 Å². The first-order valence-corrected chi connectivity index (χ1v) is 11.5. The Morgan fingerprint density at radius 3 is 2.87 bits per heavy atom. The van der Waals surface area contributed by atoms with Crippen molar-refractivity contribution in [2.75, 3.05) is 18.4 Å². The van der Waals surface area contributed by atoms with Crippen molar-refractivity contribution < 1.29 is 13.2 Å². The summed E-state index contributed by atoms with van der Waals surface area (Å²) in [5.41, 5.74) is 2.11. The van der Waals surface area contributed by atoms with Crippen LogP contribution in [0.25, 0.3) is 16.7 Å². The number of pyridine rings is 1. The Labute approximate surface area is 179 Å². The quantitative estimate of drug-likeness (QED) is 0.454. The lowest BCUT2D eigenvalue weighted by atomic mass is 10.2. The van der Waals surface area contributed by atoms with Gasteiger partial charge in [0, 0.05) is 30.8 Å². The van der Waals surface area contributed by atoms with Crippen LogP contribution < -0.4 is 4.72 Å². The number of benzene rings is 1. The van der Waals surface area contributed by atoms with E-state index in [1.54, 1.807) is 48.6 Å². The van der Waals surface area contributed by atoms with Gasteiger partial charge in [0.2, 0.25) is 0 Å². The summed E-state index contributed by atoms with van der Waals surface area (Å²) in [5, 5.41) is 9.75. The third-order valence-corrected chi connectivity index (χ3v) is 6.66. The number of anilines is 1. The number of nitrogens with one attached hydrogen (secondary N) is 1.